The van der Waals surface area contributed by atoms with Gasteiger partial charge in [0.2, 0.25) is 5.91 Å². The van der Waals surface area contributed by atoms with Crippen LogP contribution in [0.15, 0.2) is 64.0 Å². The van der Waals surface area contributed by atoms with Crippen molar-refractivity contribution in [3.05, 3.63) is 91.0 Å². The Labute approximate surface area is 246 Å². The fourth-order valence-corrected chi connectivity index (χ4v) is 5.22. The van der Waals surface area contributed by atoms with Crippen molar-refractivity contribution in [1.82, 2.24) is 4.90 Å². The van der Waals surface area contributed by atoms with Crippen molar-refractivity contribution in [1.29, 1.82) is 0 Å². The van der Waals surface area contributed by atoms with Gasteiger partial charge >= 0.3 is 0 Å². The zero-order valence-corrected chi connectivity index (χ0v) is 24.2. The minimum absolute atomic E-state index is 0.138. The lowest BCUT2D eigenvalue weighted by Gasteiger charge is -2.15. The molecule has 1 aliphatic rings. The van der Waals surface area contributed by atoms with E-state index in [1.165, 1.54) is 30.3 Å². The predicted octanol–water partition coefficient (Wildman–Crippen LogP) is 7.55. The van der Waals surface area contributed by atoms with Crippen LogP contribution in [0.3, 0.4) is 0 Å². The van der Waals surface area contributed by atoms with E-state index in [1.807, 2.05) is 6.92 Å². The van der Waals surface area contributed by atoms with Gasteiger partial charge in [-0.1, -0.05) is 45.2 Å². The molecule has 0 bridgehead atoms. The van der Waals surface area contributed by atoms with Gasteiger partial charge in [0, 0.05) is 25.8 Å². The van der Waals surface area contributed by atoms with Crippen molar-refractivity contribution in [2.24, 2.45) is 0 Å². The molecule has 1 fully saturated rings. The lowest BCUT2D eigenvalue weighted by molar-refractivity contribution is -0.127. The molecule has 0 saturated carbocycles. The third-order valence-corrected chi connectivity index (χ3v) is 7.53. The van der Waals surface area contributed by atoms with Gasteiger partial charge in [0.05, 0.1) is 11.5 Å². The topological polar surface area (TPSA) is 84.9 Å². The van der Waals surface area contributed by atoms with E-state index in [9.17, 15) is 18.8 Å². The normalized spacial score (nSPS) is 14.2. The highest BCUT2D eigenvalue weighted by molar-refractivity contribution is 9.10. The molecule has 7 nitrogen and oxygen atoms in total. The summed E-state index contributed by atoms with van der Waals surface area (Å²) in [5.74, 6) is -0.783. The van der Waals surface area contributed by atoms with E-state index >= 15 is 0 Å². The SMILES string of the molecule is CCOc1cc(/C=C2\SC(=O)N(CC(=O)Nc3ccc(F)cc3)C2=O)c(Br)cc1OCc1ccc(Cl)cc1Cl. The second-order valence-electron chi connectivity index (χ2n) is 8.10. The molecule has 39 heavy (non-hydrogen) atoms. The Bertz CT molecular complexity index is 1470. The molecule has 0 aromatic heterocycles. The summed E-state index contributed by atoms with van der Waals surface area (Å²) >= 11 is 16.4. The molecule has 4 rings (SSSR count). The summed E-state index contributed by atoms with van der Waals surface area (Å²) in [5.41, 5.74) is 1.65. The quantitative estimate of drug-likeness (QED) is 0.240. The van der Waals surface area contributed by atoms with Gasteiger partial charge in [-0.25, -0.2) is 4.39 Å². The number of hydrogen-bond donors (Lipinski definition) is 1. The van der Waals surface area contributed by atoms with Crippen molar-refractivity contribution < 1.29 is 28.2 Å². The second-order valence-corrected chi connectivity index (χ2v) is 10.8. The van der Waals surface area contributed by atoms with Crippen LogP contribution in [0.5, 0.6) is 11.5 Å². The first-order valence-corrected chi connectivity index (χ1v) is 13.8. The van der Waals surface area contributed by atoms with E-state index in [1.54, 1.807) is 30.3 Å². The molecule has 1 saturated heterocycles. The molecule has 3 aromatic carbocycles. The number of ether oxygens (including phenoxy) is 2. The maximum absolute atomic E-state index is 13.1. The monoisotopic (exact) mass is 652 g/mol. The molecule has 0 atom stereocenters. The van der Waals surface area contributed by atoms with Gasteiger partial charge in [-0.15, -0.1) is 0 Å². The molecule has 1 heterocycles. The number of anilines is 1. The first kappa shape index (κ1) is 28.9. The number of carbonyl (C=O) groups is 3. The molecular formula is C27H20BrCl2FN2O5S. The van der Waals surface area contributed by atoms with Gasteiger partial charge in [-0.05, 0) is 78.9 Å². The fourth-order valence-electron chi connectivity index (χ4n) is 3.49. The average molecular weight is 654 g/mol. The molecule has 0 aliphatic carbocycles. The maximum Gasteiger partial charge on any atom is 0.294 e. The van der Waals surface area contributed by atoms with Crippen LogP contribution < -0.4 is 14.8 Å². The summed E-state index contributed by atoms with van der Waals surface area (Å²) in [5, 5.41) is 2.94. The number of hydrogen-bond acceptors (Lipinski definition) is 6. The summed E-state index contributed by atoms with van der Waals surface area (Å²) in [6.45, 7) is 1.87. The van der Waals surface area contributed by atoms with Crippen molar-refractivity contribution in [3.8, 4) is 11.5 Å². The number of nitrogens with one attached hydrogen (secondary N) is 1. The summed E-state index contributed by atoms with van der Waals surface area (Å²) in [6.07, 6.45) is 1.54. The Morgan fingerprint density at radius 2 is 1.79 bits per heavy atom. The van der Waals surface area contributed by atoms with Gasteiger partial charge in [0.1, 0.15) is 19.0 Å². The molecule has 12 heteroatoms. The molecule has 202 valence electrons. The first-order valence-electron chi connectivity index (χ1n) is 11.5. The lowest BCUT2D eigenvalue weighted by atomic mass is 10.1. The van der Waals surface area contributed by atoms with E-state index in [4.69, 9.17) is 32.7 Å². The molecule has 0 unspecified atom stereocenters. The van der Waals surface area contributed by atoms with Crippen LogP contribution in [0.1, 0.15) is 18.1 Å². The maximum atomic E-state index is 13.1. The number of amides is 3. The second kappa shape index (κ2) is 12.9. The van der Waals surface area contributed by atoms with Crippen molar-refractivity contribution >= 4 is 79.7 Å². The van der Waals surface area contributed by atoms with Gasteiger partial charge in [-0.2, -0.15) is 0 Å². The van der Waals surface area contributed by atoms with E-state index < -0.39 is 29.4 Å². The Morgan fingerprint density at radius 3 is 2.49 bits per heavy atom. The molecule has 3 aromatic rings. The van der Waals surface area contributed by atoms with Crippen molar-refractivity contribution in [2.75, 3.05) is 18.5 Å². The number of nitrogens with zero attached hydrogens (tertiary/aromatic N) is 1. The van der Waals surface area contributed by atoms with Gasteiger partial charge in [0.25, 0.3) is 11.1 Å². The largest absolute Gasteiger partial charge is 0.490 e. The Balaban J connectivity index is 1.49. The molecule has 3 amide bonds. The van der Waals surface area contributed by atoms with Crippen LogP contribution in [0, 0.1) is 5.82 Å². The van der Waals surface area contributed by atoms with Crippen LogP contribution >= 0.6 is 50.9 Å². The predicted molar refractivity (Wildman–Crippen MR) is 154 cm³/mol. The zero-order valence-electron chi connectivity index (χ0n) is 20.3. The highest BCUT2D eigenvalue weighted by Crippen LogP contribution is 2.38. The lowest BCUT2D eigenvalue weighted by Crippen LogP contribution is -2.36. The number of carbonyl (C=O) groups excluding carboxylic acids is 3. The van der Waals surface area contributed by atoms with E-state index in [0.29, 0.717) is 43.9 Å². The highest BCUT2D eigenvalue weighted by atomic mass is 79.9. The smallest absolute Gasteiger partial charge is 0.294 e. The van der Waals surface area contributed by atoms with Crippen LogP contribution in [-0.4, -0.2) is 35.1 Å². The molecule has 0 radical (unpaired) electrons. The van der Waals surface area contributed by atoms with Gasteiger partial charge in [-0.3, -0.25) is 19.3 Å². The zero-order chi connectivity index (χ0) is 28.1. The summed E-state index contributed by atoms with van der Waals surface area (Å²) in [6, 6.07) is 13.6. The summed E-state index contributed by atoms with van der Waals surface area (Å²) in [4.78, 5) is 38.8. The Kier molecular flexibility index (Phi) is 9.55. The number of benzene rings is 3. The van der Waals surface area contributed by atoms with Crippen LogP contribution in [0.2, 0.25) is 10.0 Å². The van der Waals surface area contributed by atoms with E-state index in [-0.39, 0.29) is 11.5 Å². The minimum atomic E-state index is -0.609. The number of halogens is 4. The standard InChI is InChI=1S/C27H20BrCl2FN2O5S/c1-2-37-22-9-16(20(28)12-23(22)38-14-15-3-4-17(29)11-21(15)30)10-24-26(35)33(27(36)39-24)13-25(34)32-19-7-5-18(31)6-8-19/h3-12H,2,13-14H2,1H3,(H,32,34)/b24-10-. The fraction of sp³-hybridized carbons (Fsp3) is 0.148. The first-order chi connectivity index (χ1) is 18.6. The van der Waals surface area contributed by atoms with Gasteiger partial charge in [0.15, 0.2) is 11.5 Å². The van der Waals surface area contributed by atoms with Crippen LogP contribution in [-0.2, 0) is 16.2 Å². The van der Waals surface area contributed by atoms with Crippen LogP contribution in [0.4, 0.5) is 14.9 Å². The number of rotatable bonds is 9. The molecule has 1 N–H and O–H groups in total. The molecule has 1 aliphatic heterocycles. The van der Waals surface area contributed by atoms with Crippen molar-refractivity contribution in [3.63, 3.8) is 0 Å². The minimum Gasteiger partial charge on any atom is -0.490 e. The number of imide groups is 1. The van der Waals surface area contributed by atoms with Gasteiger partial charge < -0.3 is 14.8 Å². The third kappa shape index (κ3) is 7.33. The van der Waals surface area contributed by atoms with Crippen LogP contribution in [0.25, 0.3) is 6.08 Å². The Hall–Kier alpha value is -3.05. The Morgan fingerprint density at radius 1 is 1.08 bits per heavy atom. The summed E-state index contributed by atoms with van der Waals surface area (Å²) in [7, 11) is 0. The molecule has 0 spiro atoms. The average Bonchev–Trinajstić information content (AvgIpc) is 3.14. The van der Waals surface area contributed by atoms with E-state index in [0.717, 1.165) is 22.2 Å². The number of thioether (sulfide) groups is 1. The van der Waals surface area contributed by atoms with E-state index in [2.05, 4.69) is 21.2 Å². The third-order valence-electron chi connectivity index (χ3n) is 5.35. The molecular weight excluding hydrogens is 634 g/mol. The summed E-state index contributed by atoms with van der Waals surface area (Å²) < 4.78 is 25.4. The highest BCUT2D eigenvalue weighted by Gasteiger charge is 2.36. The van der Waals surface area contributed by atoms with Crippen molar-refractivity contribution in [2.45, 2.75) is 13.5 Å².